The monoisotopic (exact) mass is 368 g/mol. The van der Waals surface area contributed by atoms with Crippen molar-refractivity contribution in [2.45, 2.75) is 31.4 Å². The van der Waals surface area contributed by atoms with Gasteiger partial charge in [0, 0.05) is 37.3 Å². The van der Waals surface area contributed by atoms with Gasteiger partial charge < -0.3 is 15.9 Å². The highest BCUT2D eigenvalue weighted by atomic mass is 16.4. The molecule has 27 heavy (non-hydrogen) atoms. The van der Waals surface area contributed by atoms with Gasteiger partial charge in [-0.2, -0.15) is 0 Å². The fourth-order valence-electron chi connectivity index (χ4n) is 3.46. The summed E-state index contributed by atoms with van der Waals surface area (Å²) in [5.41, 5.74) is 6.09. The van der Waals surface area contributed by atoms with E-state index in [1.165, 1.54) is 23.8 Å². The van der Waals surface area contributed by atoms with Gasteiger partial charge in [0.1, 0.15) is 0 Å². The first-order chi connectivity index (χ1) is 12.9. The number of nitrogen functional groups attached to an aromatic ring is 1. The summed E-state index contributed by atoms with van der Waals surface area (Å²) in [4.78, 5) is 26.0. The maximum atomic E-state index is 12.6. The van der Waals surface area contributed by atoms with E-state index in [0.29, 0.717) is 25.9 Å². The summed E-state index contributed by atoms with van der Waals surface area (Å²) in [6.45, 7) is 2.24. The summed E-state index contributed by atoms with van der Waals surface area (Å²) in [7, 11) is 0. The second-order valence-corrected chi connectivity index (χ2v) is 7.19. The molecular formula is C21H24N2O4. The maximum absolute atomic E-state index is 12.6. The molecular weight excluding hydrogens is 344 g/mol. The van der Waals surface area contributed by atoms with Gasteiger partial charge in [-0.05, 0) is 36.6 Å². The highest BCUT2D eigenvalue weighted by molar-refractivity contribution is 6.01. The van der Waals surface area contributed by atoms with E-state index in [0.717, 1.165) is 6.54 Å². The second kappa shape index (κ2) is 7.90. The van der Waals surface area contributed by atoms with Crippen molar-refractivity contribution in [2.75, 3.05) is 18.8 Å². The van der Waals surface area contributed by atoms with Gasteiger partial charge in [-0.25, -0.2) is 4.79 Å². The summed E-state index contributed by atoms with van der Waals surface area (Å²) in [5, 5.41) is 20.0. The van der Waals surface area contributed by atoms with Gasteiger partial charge in [0.15, 0.2) is 5.78 Å². The molecule has 1 heterocycles. The number of aliphatic hydroxyl groups is 1. The van der Waals surface area contributed by atoms with Crippen LogP contribution in [-0.4, -0.2) is 45.6 Å². The number of hydrogen-bond acceptors (Lipinski definition) is 5. The van der Waals surface area contributed by atoms with E-state index in [1.54, 1.807) is 0 Å². The Kier molecular flexibility index (Phi) is 5.58. The van der Waals surface area contributed by atoms with Gasteiger partial charge in [0.25, 0.3) is 0 Å². The Bertz CT molecular complexity index is 827. The molecule has 1 aliphatic rings. The molecule has 0 aromatic heterocycles. The van der Waals surface area contributed by atoms with Crippen LogP contribution in [0.4, 0.5) is 5.69 Å². The zero-order valence-electron chi connectivity index (χ0n) is 15.1. The molecule has 2 aromatic rings. The van der Waals surface area contributed by atoms with Crippen molar-refractivity contribution in [3.05, 3.63) is 65.2 Å². The molecule has 0 bridgehead atoms. The Morgan fingerprint density at radius 2 is 1.74 bits per heavy atom. The van der Waals surface area contributed by atoms with E-state index < -0.39 is 11.6 Å². The van der Waals surface area contributed by atoms with Crippen molar-refractivity contribution in [1.82, 2.24) is 4.90 Å². The molecule has 6 nitrogen and oxygen atoms in total. The first-order valence-electron chi connectivity index (χ1n) is 9.01. The number of rotatable bonds is 6. The number of piperidine rings is 1. The number of ketones is 1. The van der Waals surface area contributed by atoms with Gasteiger partial charge in [0.2, 0.25) is 0 Å². The zero-order valence-corrected chi connectivity index (χ0v) is 15.1. The summed E-state index contributed by atoms with van der Waals surface area (Å²) >= 11 is 0. The molecule has 0 spiro atoms. The normalized spacial score (nSPS) is 16.8. The molecule has 6 heteroatoms. The highest BCUT2D eigenvalue weighted by Crippen LogP contribution is 2.28. The van der Waals surface area contributed by atoms with Crippen LogP contribution in [0.5, 0.6) is 0 Å². The van der Waals surface area contributed by atoms with E-state index in [2.05, 4.69) is 17.0 Å². The SMILES string of the molecule is Nc1ccc(C(=O)CC2(O)CCN(Cc3ccccc3)CC2)cc1C(=O)O. The molecule has 3 rings (SSSR count). The van der Waals surface area contributed by atoms with Crippen LogP contribution in [0, 0.1) is 0 Å². The first-order valence-corrected chi connectivity index (χ1v) is 9.01. The molecule has 1 aliphatic heterocycles. The van der Waals surface area contributed by atoms with Crippen molar-refractivity contribution in [3.8, 4) is 0 Å². The minimum absolute atomic E-state index is 0.0187. The van der Waals surface area contributed by atoms with Crippen molar-refractivity contribution in [2.24, 2.45) is 0 Å². The molecule has 0 aliphatic carbocycles. The lowest BCUT2D eigenvalue weighted by molar-refractivity contribution is -0.0241. The first kappa shape index (κ1) is 19.1. The fourth-order valence-corrected chi connectivity index (χ4v) is 3.46. The average Bonchev–Trinajstić information content (AvgIpc) is 2.64. The molecule has 1 fully saturated rings. The zero-order chi connectivity index (χ0) is 19.4. The second-order valence-electron chi connectivity index (χ2n) is 7.19. The third kappa shape index (κ3) is 4.72. The van der Waals surface area contributed by atoms with Crippen molar-refractivity contribution < 1.29 is 19.8 Å². The number of carboxylic acids is 1. The van der Waals surface area contributed by atoms with Crippen LogP contribution in [0.1, 0.15) is 45.5 Å². The number of nitrogens with two attached hydrogens (primary N) is 1. The standard InChI is InChI=1S/C21H24N2O4/c22-18-7-6-16(12-17(18)20(25)26)19(24)13-21(27)8-10-23(11-9-21)14-15-4-2-1-3-5-15/h1-7,12,27H,8-11,13-14,22H2,(H,25,26). The number of aromatic carboxylic acids is 1. The van der Waals surface area contributed by atoms with Crippen LogP contribution in [0.15, 0.2) is 48.5 Å². The number of carboxylic acid groups (broad SMARTS) is 1. The van der Waals surface area contributed by atoms with Crippen LogP contribution < -0.4 is 5.73 Å². The number of benzene rings is 2. The van der Waals surface area contributed by atoms with E-state index in [4.69, 9.17) is 10.8 Å². The highest BCUT2D eigenvalue weighted by Gasteiger charge is 2.34. The number of Topliss-reactive ketones (excluding diaryl/α,β-unsaturated/α-hetero) is 1. The molecule has 0 amide bonds. The number of nitrogens with zero attached hydrogens (tertiary/aromatic N) is 1. The van der Waals surface area contributed by atoms with E-state index in [-0.39, 0.29) is 29.0 Å². The van der Waals surface area contributed by atoms with Crippen molar-refractivity contribution >= 4 is 17.4 Å². The van der Waals surface area contributed by atoms with Crippen LogP contribution in [0.25, 0.3) is 0 Å². The molecule has 0 unspecified atom stereocenters. The number of likely N-dealkylation sites (tertiary alicyclic amines) is 1. The van der Waals surface area contributed by atoms with Crippen LogP contribution in [-0.2, 0) is 6.54 Å². The minimum atomic E-state index is -1.17. The Morgan fingerprint density at radius 1 is 1.07 bits per heavy atom. The van der Waals surface area contributed by atoms with Crippen LogP contribution in [0.3, 0.4) is 0 Å². The average molecular weight is 368 g/mol. The summed E-state index contributed by atoms with van der Waals surface area (Å²) in [6.07, 6.45) is 0.994. The summed E-state index contributed by atoms with van der Waals surface area (Å²) in [5.74, 6) is -1.44. The fraction of sp³-hybridized carbons (Fsp3) is 0.333. The quantitative estimate of drug-likeness (QED) is 0.535. The largest absolute Gasteiger partial charge is 0.478 e. The topological polar surface area (TPSA) is 104 Å². The Balaban J connectivity index is 1.60. The third-order valence-electron chi connectivity index (χ3n) is 5.13. The predicted molar refractivity (Wildman–Crippen MR) is 103 cm³/mol. The molecule has 0 radical (unpaired) electrons. The molecule has 2 aromatic carbocycles. The molecule has 0 saturated carbocycles. The Labute approximate surface area is 158 Å². The third-order valence-corrected chi connectivity index (χ3v) is 5.13. The lowest BCUT2D eigenvalue weighted by atomic mass is 9.85. The number of anilines is 1. The number of carbonyl (C=O) groups excluding carboxylic acids is 1. The van der Waals surface area contributed by atoms with Gasteiger partial charge in [0.05, 0.1) is 11.2 Å². The smallest absolute Gasteiger partial charge is 0.337 e. The van der Waals surface area contributed by atoms with E-state index >= 15 is 0 Å². The summed E-state index contributed by atoms with van der Waals surface area (Å²) < 4.78 is 0. The lowest BCUT2D eigenvalue weighted by Crippen LogP contribution is -2.45. The van der Waals surface area contributed by atoms with Gasteiger partial charge in [-0.15, -0.1) is 0 Å². The lowest BCUT2D eigenvalue weighted by Gasteiger charge is -2.38. The van der Waals surface area contributed by atoms with E-state index in [9.17, 15) is 14.7 Å². The minimum Gasteiger partial charge on any atom is -0.478 e. The van der Waals surface area contributed by atoms with Gasteiger partial charge >= 0.3 is 5.97 Å². The van der Waals surface area contributed by atoms with Gasteiger partial charge in [-0.3, -0.25) is 9.69 Å². The van der Waals surface area contributed by atoms with E-state index in [1.807, 2.05) is 18.2 Å². The van der Waals surface area contributed by atoms with Crippen LogP contribution in [0.2, 0.25) is 0 Å². The predicted octanol–water partition coefficient (Wildman–Crippen LogP) is 2.57. The number of hydrogen-bond donors (Lipinski definition) is 3. The molecule has 4 N–H and O–H groups in total. The molecule has 0 atom stereocenters. The molecule has 1 saturated heterocycles. The Hall–Kier alpha value is -2.70. The molecule has 142 valence electrons. The maximum Gasteiger partial charge on any atom is 0.337 e. The summed E-state index contributed by atoms with van der Waals surface area (Å²) in [6, 6.07) is 14.4. The van der Waals surface area contributed by atoms with Crippen LogP contribution >= 0.6 is 0 Å². The Morgan fingerprint density at radius 3 is 2.37 bits per heavy atom. The van der Waals surface area contributed by atoms with Crippen molar-refractivity contribution in [3.63, 3.8) is 0 Å². The van der Waals surface area contributed by atoms with Gasteiger partial charge in [-0.1, -0.05) is 30.3 Å². The van der Waals surface area contributed by atoms with Crippen molar-refractivity contribution in [1.29, 1.82) is 0 Å². The number of carbonyl (C=O) groups is 2.